The highest BCUT2D eigenvalue weighted by Crippen LogP contribution is 2.50. The van der Waals surface area contributed by atoms with Gasteiger partial charge in [-0.15, -0.1) is 0 Å². The monoisotopic (exact) mass is 574 g/mol. The van der Waals surface area contributed by atoms with Gasteiger partial charge >= 0.3 is 0 Å². The lowest BCUT2D eigenvalue weighted by atomic mass is 9.65. The number of likely N-dealkylation sites (tertiary alicyclic amines) is 1. The van der Waals surface area contributed by atoms with Crippen LogP contribution in [0.1, 0.15) is 83.5 Å². The Morgan fingerprint density at radius 2 is 1.88 bits per heavy atom. The molecule has 0 radical (unpaired) electrons. The molecule has 230 valence electrons. The van der Waals surface area contributed by atoms with Gasteiger partial charge in [-0.3, -0.25) is 9.59 Å². The van der Waals surface area contributed by atoms with Crippen molar-refractivity contribution in [3.05, 3.63) is 11.8 Å². The molecule has 41 heavy (non-hydrogen) atoms. The van der Waals surface area contributed by atoms with E-state index in [2.05, 4.69) is 27.5 Å². The summed E-state index contributed by atoms with van der Waals surface area (Å²) in [6.07, 6.45) is 13.1. The zero-order chi connectivity index (χ0) is 28.5. The minimum absolute atomic E-state index is 0.00749. The second-order valence-corrected chi connectivity index (χ2v) is 13.8. The summed E-state index contributed by atoms with van der Waals surface area (Å²) in [4.78, 5) is 32.0. The van der Waals surface area contributed by atoms with E-state index in [0.717, 1.165) is 51.5 Å². The Balaban J connectivity index is 1.22. The molecule has 9 heteroatoms. The van der Waals surface area contributed by atoms with Crippen molar-refractivity contribution < 1.29 is 23.8 Å². The van der Waals surface area contributed by atoms with E-state index in [0.29, 0.717) is 31.0 Å². The molecule has 10 atom stereocenters. The number of ketones is 1. The fraction of sp³-hybridized carbons (Fsp3) is 0.875. The number of aliphatic hydroxyl groups is 1. The van der Waals surface area contributed by atoms with Crippen LogP contribution in [0.5, 0.6) is 0 Å². The summed E-state index contributed by atoms with van der Waals surface area (Å²) < 4.78 is 22.8. The Labute approximate surface area is 244 Å². The highest BCUT2D eigenvalue weighted by Gasteiger charge is 2.59. The number of nitrogens with zero attached hydrogens (tertiary/aromatic N) is 2. The smallest absolute Gasteiger partial charge is 0.256 e. The molecule has 8 nitrogen and oxygen atoms in total. The van der Waals surface area contributed by atoms with E-state index in [1.165, 1.54) is 32.1 Å². The molecule has 3 N–H and O–H groups in total. The summed E-state index contributed by atoms with van der Waals surface area (Å²) in [6.45, 7) is 2.47. The van der Waals surface area contributed by atoms with Crippen molar-refractivity contribution in [2.75, 3.05) is 33.3 Å². The maximum absolute atomic E-state index is 15.9. The van der Waals surface area contributed by atoms with Crippen molar-refractivity contribution in [2.45, 2.75) is 126 Å². The van der Waals surface area contributed by atoms with Crippen molar-refractivity contribution in [3.8, 4) is 0 Å². The third-order valence-electron chi connectivity index (χ3n) is 11.4. The van der Waals surface area contributed by atoms with Crippen LogP contribution < -0.4 is 10.6 Å². The molecule has 3 saturated carbocycles. The first-order valence-electron chi connectivity index (χ1n) is 16.6. The maximum Gasteiger partial charge on any atom is 0.256 e. The summed E-state index contributed by atoms with van der Waals surface area (Å²) in [6, 6.07) is -0.115. The molecule has 1 amide bonds. The van der Waals surface area contributed by atoms with Gasteiger partial charge in [-0.1, -0.05) is 25.7 Å². The second kappa shape index (κ2) is 13.0. The third-order valence-corrected chi connectivity index (χ3v) is 11.4. The number of nitrogens with one attached hydrogen (secondary N) is 2. The van der Waals surface area contributed by atoms with Crippen molar-refractivity contribution in [1.29, 1.82) is 0 Å². The minimum atomic E-state index is -1.22. The standard InChI is InChI=1S/C32H51FN4O4/c1-36-14-7-10-22(36)11-13-35-32(40)24-19-37-26-16-20-8-3-4-9-21(20)17-27(26)41-31-28(34-12-5-2-6-15-38)25(33)18-23(29(31)37)30(24)39/h19-23,25-29,31,34,38H,2-18H2,1H3,(H,35,40). The van der Waals surface area contributed by atoms with Gasteiger partial charge in [0.25, 0.3) is 5.91 Å². The number of unbranched alkanes of at least 4 members (excludes halogenated alkanes) is 2. The molecule has 0 aromatic rings. The molecule has 6 aliphatic rings. The average Bonchev–Trinajstić information content (AvgIpc) is 3.38. The molecule has 3 heterocycles. The van der Waals surface area contributed by atoms with Gasteiger partial charge in [0.15, 0.2) is 5.78 Å². The zero-order valence-corrected chi connectivity index (χ0v) is 24.8. The molecule has 0 aromatic carbocycles. The van der Waals surface area contributed by atoms with Crippen LogP contribution in [-0.4, -0.2) is 102 Å². The van der Waals surface area contributed by atoms with Crippen LogP contribution in [0.3, 0.4) is 0 Å². The minimum Gasteiger partial charge on any atom is -0.396 e. The quantitative estimate of drug-likeness (QED) is 0.273. The van der Waals surface area contributed by atoms with Crippen molar-refractivity contribution in [3.63, 3.8) is 0 Å². The Morgan fingerprint density at radius 1 is 1.07 bits per heavy atom. The van der Waals surface area contributed by atoms with E-state index in [-0.39, 0.29) is 48.5 Å². The second-order valence-electron chi connectivity index (χ2n) is 13.8. The van der Waals surface area contributed by atoms with Gasteiger partial charge in [0, 0.05) is 31.3 Å². The first-order valence-corrected chi connectivity index (χ1v) is 16.6. The summed E-state index contributed by atoms with van der Waals surface area (Å²) in [5.41, 5.74) is 0.207. The molecule has 3 aliphatic carbocycles. The topological polar surface area (TPSA) is 94.1 Å². The SMILES string of the molecule is CN1CCCC1CCNC(=O)C1=CN2C3CC4CCCCC4CC3OC3C(NCCCCCO)C(F)CC(C1=O)C32. The number of amides is 1. The van der Waals surface area contributed by atoms with Gasteiger partial charge in [0.2, 0.25) is 0 Å². The van der Waals surface area contributed by atoms with Crippen LogP contribution in [0.2, 0.25) is 0 Å². The van der Waals surface area contributed by atoms with Crippen LogP contribution in [0.15, 0.2) is 11.8 Å². The van der Waals surface area contributed by atoms with Gasteiger partial charge in [0.05, 0.1) is 35.9 Å². The number of rotatable bonds is 10. The van der Waals surface area contributed by atoms with Gasteiger partial charge in [-0.25, -0.2) is 4.39 Å². The van der Waals surface area contributed by atoms with E-state index < -0.39 is 24.2 Å². The summed E-state index contributed by atoms with van der Waals surface area (Å²) in [5.74, 6) is 0.218. The Morgan fingerprint density at radius 3 is 2.63 bits per heavy atom. The number of carbonyl (C=O) groups excluding carboxylic acids is 2. The Hall–Kier alpha value is -1.55. The van der Waals surface area contributed by atoms with Crippen LogP contribution in [-0.2, 0) is 14.3 Å². The number of hydrogen-bond donors (Lipinski definition) is 3. The lowest BCUT2D eigenvalue weighted by Gasteiger charge is -2.61. The van der Waals surface area contributed by atoms with E-state index in [1.54, 1.807) is 0 Å². The highest BCUT2D eigenvalue weighted by atomic mass is 19.1. The Bertz CT molecular complexity index is 979. The number of halogens is 1. The van der Waals surface area contributed by atoms with Crippen LogP contribution in [0, 0.1) is 17.8 Å². The summed E-state index contributed by atoms with van der Waals surface area (Å²) >= 11 is 0. The normalized spacial score (nSPS) is 40.4. The molecule has 3 aliphatic heterocycles. The van der Waals surface area contributed by atoms with Crippen LogP contribution >= 0.6 is 0 Å². The fourth-order valence-electron chi connectivity index (χ4n) is 9.17. The first-order chi connectivity index (χ1) is 20.0. The van der Waals surface area contributed by atoms with Crippen molar-refractivity contribution in [1.82, 2.24) is 20.4 Å². The lowest BCUT2D eigenvalue weighted by molar-refractivity contribution is -0.208. The van der Waals surface area contributed by atoms with E-state index in [9.17, 15) is 9.59 Å². The molecule has 0 aromatic heterocycles. The number of aliphatic hydroxyl groups excluding tert-OH is 1. The molecule has 0 spiro atoms. The van der Waals surface area contributed by atoms with Gasteiger partial charge in [0.1, 0.15) is 6.17 Å². The fourth-order valence-corrected chi connectivity index (χ4v) is 9.17. The number of Topliss-reactive ketones (excluding diaryl/α,β-unsaturated/α-hetero) is 1. The number of morpholine rings is 1. The maximum atomic E-state index is 15.9. The van der Waals surface area contributed by atoms with E-state index in [1.807, 2.05) is 6.20 Å². The zero-order valence-electron chi connectivity index (χ0n) is 24.8. The van der Waals surface area contributed by atoms with Gasteiger partial charge in [-0.05, 0) is 89.8 Å². The van der Waals surface area contributed by atoms with E-state index in [4.69, 9.17) is 9.84 Å². The predicted molar refractivity (Wildman–Crippen MR) is 155 cm³/mol. The van der Waals surface area contributed by atoms with E-state index >= 15 is 4.39 Å². The summed E-state index contributed by atoms with van der Waals surface area (Å²) in [7, 11) is 2.13. The highest BCUT2D eigenvalue weighted by molar-refractivity contribution is 6.20. The van der Waals surface area contributed by atoms with Crippen molar-refractivity contribution >= 4 is 11.7 Å². The molecular formula is C32H51FN4O4. The molecule has 2 saturated heterocycles. The van der Waals surface area contributed by atoms with Crippen molar-refractivity contribution in [2.24, 2.45) is 17.8 Å². The molecular weight excluding hydrogens is 523 g/mol. The average molecular weight is 575 g/mol. The largest absolute Gasteiger partial charge is 0.396 e. The van der Waals surface area contributed by atoms with Gasteiger partial charge < -0.3 is 30.3 Å². The number of hydrogen-bond acceptors (Lipinski definition) is 7. The van der Waals surface area contributed by atoms with Gasteiger partial charge in [-0.2, -0.15) is 0 Å². The Kier molecular flexibility index (Phi) is 9.35. The van der Waals surface area contributed by atoms with Crippen LogP contribution in [0.25, 0.3) is 0 Å². The number of ether oxygens (including phenoxy) is 1. The number of fused-ring (bicyclic) bond motifs is 3. The molecule has 5 fully saturated rings. The molecule has 10 unspecified atom stereocenters. The molecule has 6 rings (SSSR count). The number of alkyl halides is 1. The molecule has 0 bridgehead atoms. The predicted octanol–water partition coefficient (Wildman–Crippen LogP) is 2.94. The third kappa shape index (κ3) is 5.98. The van der Waals surface area contributed by atoms with Crippen LogP contribution in [0.4, 0.5) is 4.39 Å². The number of carbonyl (C=O) groups is 2. The first kappa shape index (κ1) is 29.5. The lowest BCUT2D eigenvalue weighted by Crippen LogP contribution is -2.73. The summed E-state index contributed by atoms with van der Waals surface area (Å²) in [5, 5.41) is 15.6.